The van der Waals surface area contributed by atoms with E-state index in [2.05, 4.69) is 9.97 Å². The predicted octanol–water partition coefficient (Wildman–Crippen LogP) is 0.266. The topological polar surface area (TPSA) is 86.7 Å². The van der Waals surface area contributed by atoms with Crippen molar-refractivity contribution in [3.05, 3.63) is 24.3 Å². The molecule has 3 amide bonds. The minimum atomic E-state index is -0.440. The molecule has 8 heteroatoms. The first-order valence-electron chi connectivity index (χ1n) is 8.89. The van der Waals surface area contributed by atoms with Gasteiger partial charge in [-0.15, -0.1) is 0 Å². The molecule has 26 heavy (non-hydrogen) atoms. The third-order valence-electron chi connectivity index (χ3n) is 5.09. The summed E-state index contributed by atoms with van der Waals surface area (Å²) in [5.41, 5.74) is -0.158. The van der Waals surface area contributed by atoms with Crippen LogP contribution in [0.15, 0.2) is 18.6 Å². The van der Waals surface area contributed by atoms with Crippen LogP contribution in [-0.2, 0) is 9.59 Å². The molecule has 0 radical (unpaired) electrons. The Labute approximate surface area is 153 Å². The molecule has 0 saturated carbocycles. The summed E-state index contributed by atoms with van der Waals surface area (Å²) in [7, 11) is 1.77. The molecule has 3 rings (SSSR count). The molecule has 2 aliphatic heterocycles. The maximum atomic E-state index is 12.9. The Morgan fingerprint density at radius 3 is 2.38 bits per heavy atom. The first kappa shape index (κ1) is 18.3. The molecular formula is C18H25N5O3. The van der Waals surface area contributed by atoms with Crippen LogP contribution in [0, 0.1) is 11.3 Å². The van der Waals surface area contributed by atoms with E-state index in [0.717, 1.165) is 0 Å². The van der Waals surface area contributed by atoms with Crippen molar-refractivity contribution >= 4 is 17.7 Å². The van der Waals surface area contributed by atoms with Crippen LogP contribution < -0.4 is 0 Å². The lowest BCUT2D eigenvalue weighted by Gasteiger charge is -2.33. The summed E-state index contributed by atoms with van der Waals surface area (Å²) < 4.78 is 0. The van der Waals surface area contributed by atoms with Crippen LogP contribution in [0.25, 0.3) is 0 Å². The van der Waals surface area contributed by atoms with E-state index < -0.39 is 5.41 Å². The lowest BCUT2D eigenvalue weighted by molar-refractivity contribution is -0.135. The average molecular weight is 359 g/mol. The Hall–Kier alpha value is -2.51. The zero-order valence-corrected chi connectivity index (χ0v) is 15.5. The van der Waals surface area contributed by atoms with Crippen LogP contribution in [-0.4, -0.2) is 82.2 Å². The fourth-order valence-corrected chi connectivity index (χ4v) is 3.87. The van der Waals surface area contributed by atoms with E-state index in [0.29, 0.717) is 39.1 Å². The van der Waals surface area contributed by atoms with E-state index in [1.807, 2.05) is 13.8 Å². The van der Waals surface area contributed by atoms with Gasteiger partial charge in [0.1, 0.15) is 5.69 Å². The summed E-state index contributed by atoms with van der Waals surface area (Å²) in [4.78, 5) is 51.0. The van der Waals surface area contributed by atoms with Gasteiger partial charge in [-0.1, -0.05) is 13.8 Å². The molecule has 1 spiro atoms. The number of rotatable bonds is 2. The number of carbonyl (C=O) groups excluding carboxylic acids is 3. The van der Waals surface area contributed by atoms with Crippen molar-refractivity contribution in [1.82, 2.24) is 24.7 Å². The van der Waals surface area contributed by atoms with Crippen molar-refractivity contribution in [2.45, 2.75) is 20.3 Å². The van der Waals surface area contributed by atoms with E-state index in [1.165, 1.54) is 18.6 Å². The van der Waals surface area contributed by atoms with Gasteiger partial charge in [-0.3, -0.25) is 19.4 Å². The first-order chi connectivity index (χ1) is 12.3. The molecule has 2 saturated heterocycles. The first-order valence-corrected chi connectivity index (χ1v) is 8.89. The molecule has 2 aliphatic rings. The number of carbonyl (C=O) groups is 3. The fraction of sp³-hybridized carbons (Fsp3) is 0.611. The highest BCUT2D eigenvalue weighted by Crippen LogP contribution is 2.35. The summed E-state index contributed by atoms with van der Waals surface area (Å²) in [5.74, 6) is -0.224. The summed E-state index contributed by atoms with van der Waals surface area (Å²) in [6.07, 6.45) is 4.80. The van der Waals surface area contributed by atoms with Gasteiger partial charge in [0, 0.05) is 69.9 Å². The number of likely N-dealkylation sites (tertiary alicyclic amines) is 1. The standard InChI is InChI=1S/C18H25N5O3/c1-13(2)16(25)22-6-7-23(17(26)14-9-19-4-5-20-14)12-18(11-22)8-15(24)21(3)10-18/h4-5,9,13H,6-8,10-12H2,1-3H3/t18-/m0/s1. The Kier molecular flexibility index (Phi) is 4.93. The van der Waals surface area contributed by atoms with Crippen molar-refractivity contribution in [3.63, 3.8) is 0 Å². The quantitative estimate of drug-likeness (QED) is 0.756. The summed E-state index contributed by atoms with van der Waals surface area (Å²) >= 11 is 0. The monoisotopic (exact) mass is 359 g/mol. The van der Waals surface area contributed by atoms with E-state index in [-0.39, 0.29) is 29.3 Å². The molecule has 140 valence electrons. The van der Waals surface area contributed by atoms with Gasteiger partial charge in [0.2, 0.25) is 11.8 Å². The SMILES string of the molecule is CC(C)C(=O)N1CCN(C(=O)c2cnccn2)C[C@]2(CC(=O)N(C)C2)C1. The molecule has 3 heterocycles. The highest BCUT2D eigenvalue weighted by Gasteiger charge is 2.47. The van der Waals surface area contributed by atoms with Crippen LogP contribution in [0.1, 0.15) is 30.8 Å². The normalized spacial score (nSPS) is 23.7. The second kappa shape index (κ2) is 7.01. The molecular weight excluding hydrogens is 334 g/mol. The Morgan fingerprint density at radius 1 is 1.12 bits per heavy atom. The third kappa shape index (κ3) is 3.54. The molecule has 2 fully saturated rings. The van der Waals surface area contributed by atoms with Crippen LogP contribution >= 0.6 is 0 Å². The second-order valence-electron chi connectivity index (χ2n) is 7.66. The predicted molar refractivity (Wildman–Crippen MR) is 94.0 cm³/mol. The molecule has 8 nitrogen and oxygen atoms in total. The van der Waals surface area contributed by atoms with E-state index >= 15 is 0 Å². The van der Waals surface area contributed by atoms with Gasteiger partial charge in [-0.25, -0.2) is 4.98 Å². The highest BCUT2D eigenvalue weighted by molar-refractivity contribution is 5.92. The van der Waals surface area contributed by atoms with Crippen LogP contribution in [0.5, 0.6) is 0 Å². The summed E-state index contributed by atoms with van der Waals surface area (Å²) in [6, 6.07) is 0. The van der Waals surface area contributed by atoms with Gasteiger partial charge in [0.25, 0.3) is 5.91 Å². The maximum absolute atomic E-state index is 12.9. The second-order valence-corrected chi connectivity index (χ2v) is 7.66. The van der Waals surface area contributed by atoms with Gasteiger partial charge in [0.05, 0.1) is 6.20 Å². The van der Waals surface area contributed by atoms with Crippen LogP contribution in [0.2, 0.25) is 0 Å². The molecule has 1 aromatic heterocycles. The summed E-state index contributed by atoms with van der Waals surface area (Å²) in [5, 5.41) is 0. The number of hydrogen-bond acceptors (Lipinski definition) is 5. The molecule has 0 aromatic carbocycles. The summed E-state index contributed by atoms with van der Waals surface area (Å²) in [6.45, 7) is 6.08. The molecule has 0 N–H and O–H groups in total. The lowest BCUT2D eigenvalue weighted by atomic mass is 9.85. The van der Waals surface area contributed by atoms with Crippen molar-refractivity contribution < 1.29 is 14.4 Å². The Balaban J connectivity index is 1.88. The fourth-order valence-electron chi connectivity index (χ4n) is 3.87. The van der Waals surface area contributed by atoms with E-state index in [4.69, 9.17) is 0 Å². The van der Waals surface area contributed by atoms with Crippen LogP contribution in [0.3, 0.4) is 0 Å². The third-order valence-corrected chi connectivity index (χ3v) is 5.09. The van der Waals surface area contributed by atoms with E-state index in [1.54, 1.807) is 21.7 Å². The average Bonchev–Trinajstić information content (AvgIpc) is 2.79. The molecule has 1 aromatic rings. The molecule has 0 aliphatic carbocycles. The van der Waals surface area contributed by atoms with Gasteiger partial charge in [0.15, 0.2) is 0 Å². The smallest absolute Gasteiger partial charge is 0.274 e. The van der Waals surface area contributed by atoms with Crippen molar-refractivity contribution in [1.29, 1.82) is 0 Å². The number of nitrogens with zero attached hydrogens (tertiary/aromatic N) is 5. The van der Waals surface area contributed by atoms with E-state index in [9.17, 15) is 14.4 Å². The largest absolute Gasteiger partial charge is 0.345 e. The van der Waals surface area contributed by atoms with Gasteiger partial charge in [-0.05, 0) is 0 Å². The van der Waals surface area contributed by atoms with Crippen molar-refractivity contribution in [2.75, 3.05) is 39.8 Å². The lowest BCUT2D eigenvalue weighted by Crippen LogP contribution is -2.46. The van der Waals surface area contributed by atoms with Gasteiger partial charge >= 0.3 is 0 Å². The zero-order valence-electron chi connectivity index (χ0n) is 15.5. The minimum Gasteiger partial charge on any atom is -0.345 e. The van der Waals surface area contributed by atoms with Gasteiger partial charge < -0.3 is 14.7 Å². The van der Waals surface area contributed by atoms with Gasteiger partial charge in [-0.2, -0.15) is 0 Å². The van der Waals surface area contributed by atoms with Crippen molar-refractivity contribution in [2.24, 2.45) is 11.3 Å². The molecule has 0 bridgehead atoms. The highest BCUT2D eigenvalue weighted by atomic mass is 16.2. The zero-order chi connectivity index (χ0) is 18.9. The number of amides is 3. The maximum Gasteiger partial charge on any atom is 0.274 e. The minimum absolute atomic E-state index is 0.0516. The van der Waals surface area contributed by atoms with Crippen LogP contribution in [0.4, 0.5) is 0 Å². The van der Waals surface area contributed by atoms with Crippen molar-refractivity contribution in [3.8, 4) is 0 Å². The molecule has 0 unspecified atom stereocenters. The molecule has 1 atom stereocenters. The Bertz CT molecular complexity index is 708. The number of hydrogen-bond donors (Lipinski definition) is 0. The number of aromatic nitrogens is 2. The Morgan fingerprint density at radius 2 is 1.81 bits per heavy atom.